The average Bonchev–Trinajstić information content (AvgIpc) is 2.08. The molecule has 1 rings (SSSR count). The number of benzene rings is 1. The highest BCUT2D eigenvalue weighted by atomic mass is 32.2. The topological polar surface area (TPSA) is 66.8 Å². The van der Waals surface area contributed by atoms with Gasteiger partial charge in [0.1, 0.15) is 11.5 Å². The molecule has 0 saturated carbocycles. The first kappa shape index (κ1) is 10.8. The molecule has 0 bridgehead atoms. The van der Waals surface area contributed by atoms with Crippen molar-refractivity contribution in [3.8, 4) is 11.5 Å². The number of hydrogen-bond donors (Lipinski definition) is 1. The maximum Gasteiger partial charge on any atom is 0.384 e. The molecule has 0 aliphatic rings. The molecule has 78 valence electrons. The smallest absolute Gasteiger partial charge is 0.384 e. The predicted octanol–water partition coefficient (Wildman–Crippen LogP) is 0.577. The van der Waals surface area contributed by atoms with Gasteiger partial charge in [-0.15, -0.1) is 0 Å². The first-order valence-electron chi connectivity index (χ1n) is 3.83. The molecule has 1 aromatic rings. The van der Waals surface area contributed by atoms with E-state index in [4.69, 9.17) is 9.29 Å². The lowest BCUT2D eigenvalue weighted by Crippen LogP contribution is -2.26. The summed E-state index contributed by atoms with van der Waals surface area (Å²) in [5.41, 5.74) is 0. The van der Waals surface area contributed by atoms with E-state index in [9.17, 15) is 8.42 Å². The van der Waals surface area contributed by atoms with Gasteiger partial charge in [0.25, 0.3) is 0 Å². The highest BCUT2D eigenvalue weighted by Gasteiger charge is 2.15. The fraction of sp³-hybridized carbons (Fsp3) is 0.250. The van der Waals surface area contributed by atoms with E-state index in [-0.39, 0.29) is 11.5 Å². The van der Waals surface area contributed by atoms with Crippen LogP contribution in [0.25, 0.3) is 0 Å². The van der Waals surface area contributed by atoms with Crippen molar-refractivity contribution in [3.63, 3.8) is 0 Å². The summed E-state index contributed by atoms with van der Waals surface area (Å²) in [6.07, 6.45) is 0. The largest absolute Gasteiger partial charge is 0.508 e. The zero-order chi connectivity index (χ0) is 10.8. The summed E-state index contributed by atoms with van der Waals surface area (Å²) in [4.78, 5) is 0. The lowest BCUT2D eigenvalue weighted by molar-refractivity contribution is 0.420. The van der Waals surface area contributed by atoms with E-state index in [1.165, 1.54) is 38.4 Å². The second-order valence-corrected chi connectivity index (χ2v) is 4.57. The molecular weight excluding hydrogens is 206 g/mol. The van der Waals surface area contributed by atoms with Gasteiger partial charge >= 0.3 is 10.3 Å². The van der Waals surface area contributed by atoms with E-state index in [1.54, 1.807) is 0 Å². The van der Waals surface area contributed by atoms with Gasteiger partial charge in [-0.2, -0.15) is 12.7 Å². The zero-order valence-electron chi connectivity index (χ0n) is 7.84. The molecule has 0 amide bonds. The van der Waals surface area contributed by atoms with Gasteiger partial charge < -0.3 is 9.29 Å². The average molecular weight is 217 g/mol. The third-order valence-electron chi connectivity index (χ3n) is 1.49. The molecule has 1 aromatic carbocycles. The van der Waals surface area contributed by atoms with Crippen molar-refractivity contribution in [2.45, 2.75) is 0 Å². The molecule has 0 aliphatic heterocycles. The normalized spacial score (nSPS) is 11.6. The Labute approximate surface area is 82.8 Å². The van der Waals surface area contributed by atoms with Gasteiger partial charge in [-0.3, -0.25) is 0 Å². The monoisotopic (exact) mass is 217 g/mol. The number of nitrogens with zero attached hydrogens (tertiary/aromatic N) is 1. The van der Waals surface area contributed by atoms with Crippen LogP contribution in [0, 0.1) is 0 Å². The standard InChI is InChI=1S/C8H11NO4S/c1-9(2)14(11,12)13-8-5-3-7(10)4-6-8/h3-6,10H,1-2H3. The van der Waals surface area contributed by atoms with Crippen LogP contribution in [0.1, 0.15) is 0 Å². The van der Waals surface area contributed by atoms with E-state index in [2.05, 4.69) is 0 Å². The summed E-state index contributed by atoms with van der Waals surface area (Å²) in [7, 11) is -0.971. The van der Waals surface area contributed by atoms with Crippen LogP contribution in [0.2, 0.25) is 0 Å². The minimum Gasteiger partial charge on any atom is -0.508 e. The van der Waals surface area contributed by atoms with Crippen LogP contribution in [0.3, 0.4) is 0 Å². The van der Waals surface area contributed by atoms with Crippen LogP contribution < -0.4 is 4.18 Å². The molecule has 0 radical (unpaired) electrons. The third kappa shape index (κ3) is 2.61. The SMILES string of the molecule is CN(C)S(=O)(=O)Oc1ccc(O)cc1. The maximum absolute atomic E-state index is 11.2. The second kappa shape index (κ2) is 3.85. The van der Waals surface area contributed by atoms with Crippen LogP contribution in [-0.2, 0) is 10.3 Å². The van der Waals surface area contributed by atoms with Gasteiger partial charge in [0, 0.05) is 14.1 Å². The van der Waals surface area contributed by atoms with Gasteiger partial charge in [0.05, 0.1) is 0 Å². The van der Waals surface area contributed by atoms with Crippen LogP contribution in [-0.4, -0.2) is 31.9 Å². The van der Waals surface area contributed by atoms with Crippen LogP contribution >= 0.6 is 0 Å². The highest BCUT2D eigenvalue weighted by molar-refractivity contribution is 7.84. The fourth-order valence-corrected chi connectivity index (χ4v) is 1.20. The number of aromatic hydroxyl groups is 1. The summed E-state index contributed by atoms with van der Waals surface area (Å²) >= 11 is 0. The molecule has 0 unspecified atom stereocenters. The van der Waals surface area contributed by atoms with Crippen molar-refractivity contribution in [3.05, 3.63) is 24.3 Å². The van der Waals surface area contributed by atoms with Crippen molar-refractivity contribution in [1.29, 1.82) is 0 Å². The Kier molecular flexibility index (Phi) is 2.97. The Bertz CT molecular complexity index is 396. The van der Waals surface area contributed by atoms with Crippen LogP contribution in [0.4, 0.5) is 0 Å². The second-order valence-electron chi connectivity index (χ2n) is 2.82. The van der Waals surface area contributed by atoms with Crippen molar-refractivity contribution >= 4 is 10.3 Å². The van der Waals surface area contributed by atoms with Gasteiger partial charge in [-0.05, 0) is 24.3 Å². The quantitative estimate of drug-likeness (QED) is 0.804. The summed E-state index contributed by atoms with van der Waals surface area (Å²) in [6.45, 7) is 0. The van der Waals surface area contributed by atoms with E-state index in [0.717, 1.165) is 4.31 Å². The molecule has 5 nitrogen and oxygen atoms in total. The first-order valence-corrected chi connectivity index (χ1v) is 5.19. The van der Waals surface area contributed by atoms with Crippen molar-refractivity contribution in [2.24, 2.45) is 0 Å². The van der Waals surface area contributed by atoms with E-state index < -0.39 is 10.3 Å². The Morgan fingerprint density at radius 2 is 1.71 bits per heavy atom. The molecule has 0 atom stereocenters. The van der Waals surface area contributed by atoms with Crippen molar-refractivity contribution in [1.82, 2.24) is 4.31 Å². The molecule has 0 heterocycles. The molecule has 0 aliphatic carbocycles. The van der Waals surface area contributed by atoms with E-state index >= 15 is 0 Å². The molecule has 14 heavy (non-hydrogen) atoms. The number of hydrogen-bond acceptors (Lipinski definition) is 4. The van der Waals surface area contributed by atoms with Gasteiger partial charge in [0.15, 0.2) is 0 Å². The Hall–Kier alpha value is -1.27. The minimum absolute atomic E-state index is 0.0552. The predicted molar refractivity (Wildman–Crippen MR) is 51.3 cm³/mol. The van der Waals surface area contributed by atoms with Gasteiger partial charge in [-0.25, -0.2) is 0 Å². The van der Waals surface area contributed by atoms with Crippen LogP contribution in [0.5, 0.6) is 11.5 Å². The van der Waals surface area contributed by atoms with Crippen LogP contribution in [0.15, 0.2) is 24.3 Å². The Morgan fingerprint density at radius 1 is 1.21 bits per heavy atom. The first-order chi connectivity index (χ1) is 6.42. The number of phenols is 1. The molecule has 6 heteroatoms. The molecule has 0 fully saturated rings. The Morgan fingerprint density at radius 3 is 2.14 bits per heavy atom. The van der Waals surface area contributed by atoms with Gasteiger partial charge in [0.2, 0.25) is 0 Å². The van der Waals surface area contributed by atoms with E-state index in [1.807, 2.05) is 0 Å². The molecule has 1 N–H and O–H groups in total. The summed E-state index contributed by atoms with van der Waals surface area (Å²) in [6, 6.07) is 5.44. The summed E-state index contributed by atoms with van der Waals surface area (Å²) in [5.74, 6) is 0.219. The van der Waals surface area contributed by atoms with Crippen molar-refractivity contribution in [2.75, 3.05) is 14.1 Å². The van der Waals surface area contributed by atoms with E-state index in [0.29, 0.717) is 0 Å². The molecule has 0 spiro atoms. The lowest BCUT2D eigenvalue weighted by Gasteiger charge is -2.11. The van der Waals surface area contributed by atoms with Crippen molar-refractivity contribution < 1.29 is 17.7 Å². The minimum atomic E-state index is -3.71. The lowest BCUT2D eigenvalue weighted by atomic mass is 10.3. The Balaban J connectivity index is 2.85. The number of phenolic OH excluding ortho intramolecular Hbond substituents is 1. The zero-order valence-corrected chi connectivity index (χ0v) is 8.65. The highest BCUT2D eigenvalue weighted by Crippen LogP contribution is 2.17. The third-order valence-corrected chi connectivity index (χ3v) is 2.78. The summed E-state index contributed by atoms with van der Waals surface area (Å²) < 4.78 is 28.1. The maximum atomic E-state index is 11.2. The number of rotatable bonds is 3. The summed E-state index contributed by atoms with van der Waals surface area (Å²) in [5, 5.41) is 8.95. The molecule has 0 saturated heterocycles. The fourth-order valence-electron chi connectivity index (χ4n) is 0.698. The van der Waals surface area contributed by atoms with Gasteiger partial charge in [-0.1, -0.05) is 0 Å². The molecule has 0 aromatic heterocycles. The molecular formula is C8H11NO4S.